The first-order valence-corrected chi connectivity index (χ1v) is 8.96. The normalized spacial score (nSPS) is 19.4. The van der Waals surface area contributed by atoms with Crippen LogP contribution in [0.1, 0.15) is 46.7 Å². The van der Waals surface area contributed by atoms with E-state index >= 15 is 0 Å². The van der Waals surface area contributed by atoms with Gasteiger partial charge in [0.1, 0.15) is 5.56 Å². The van der Waals surface area contributed by atoms with Gasteiger partial charge < -0.3 is 15.3 Å². The van der Waals surface area contributed by atoms with Crippen molar-refractivity contribution in [2.24, 2.45) is 0 Å². The van der Waals surface area contributed by atoms with Crippen molar-refractivity contribution >= 4 is 29.6 Å². The number of hydrogen-bond acceptors (Lipinski definition) is 4. The Hall–Kier alpha value is -2.12. The second-order valence-electron chi connectivity index (χ2n) is 7.29. The summed E-state index contributed by atoms with van der Waals surface area (Å²) in [4.78, 5) is 26.1. The summed E-state index contributed by atoms with van der Waals surface area (Å²) in [5.41, 5.74) is 1.74. The number of nitrogens with one attached hydrogen (secondary N) is 1. The van der Waals surface area contributed by atoms with Crippen molar-refractivity contribution < 1.29 is 14.3 Å². The van der Waals surface area contributed by atoms with Crippen LogP contribution >= 0.6 is 12.4 Å². The van der Waals surface area contributed by atoms with Gasteiger partial charge >= 0.3 is 5.97 Å². The van der Waals surface area contributed by atoms with E-state index in [1.165, 1.54) is 10.5 Å². The van der Waals surface area contributed by atoms with Crippen molar-refractivity contribution in [2.75, 3.05) is 25.0 Å². The lowest BCUT2D eigenvalue weighted by Crippen LogP contribution is -2.31. The predicted molar refractivity (Wildman–Crippen MR) is 104 cm³/mol. The minimum absolute atomic E-state index is 0. The highest BCUT2D eigenvalue weighted by Crippen LogP contribution is 2.44. The number of hydrogen-bond donors (Lipinski definition) is 2. The summed E-state index contributed by atoms with van der Waals surface area (Å²) in [6, 6.07) is 1.80. The first-order valence-electron chi connectivity index (χ1n) is 8.96. The summed E-state index contributed by atoms with van der Waals surface area (Å²) >= 11 is 0. The number of fused-ring (bicyclic) bond motifs is 1. The molecule has 27 heavy (non-hydrogen) atoms. The zero-order chi connectivity index (χ0) is 18.6. The summed E-state index contributed by atoms with van der Waals surface area (Å²) < 4.78 is 16.1. The van der Waals surface area contributed by atoms with Crippen LogP contribution in [0.15, 0.2) is 17.1 Å². The van der Waals surface area contributed by atoms with Crippen molar-refractivity contribution in [3.05, 3.63) is 45.1 Å². The van der Waals surface area contributed by atoms with Crippen LogP contribution in [0.25, 0.3) is 5.52 Å². The average molecular weight is 396 g/mol. The quantitative estimate of drug-likeness (QED) is 0.832. The molecule has 2 aromatic heterocycles. The third-order valence-electron chi connectivity index (χ3n) is 5.60. The number of aromatic carboxylic acids is 1. The topological polar surface area (TPSA) is 74.0 Å². The number of aromatic nitrogens is 1. The predicted octanol–water partition coefficient (Wildman–Crippen LogP) is 2.54. The number of nitrogens with zero attached hydrogens (tertiary/aromatic N) is 2. The number of halogens is 2. The maximum atomic E-state index is 15.0. The Morgan fingerprint density at radius 3 is 2.59 bits per heavy atom. The maximum Gasteiger partial charge on any atom is 0.341 e. The van der Waals surface area contributed by atoms with E-state index in [0.717, 1.165) is 37.6 Å². The Bertz CT molecular complexity index is 971. The third kappa shape index (κ3) is 3.19. The van der Waals surface area contributed by atoms with Crippen LogP contribution in [0.2, 0.25) is 0 Å². The van der Waals surface area contributed by atoms with Gasteiger partial charge in [0.2, 0.25) is 0 Å². The number of likely N-dealkylation sites (N-methyl/N-ethyl adjacent to an activating group) is 1. The zero-order valence-corrected chi connectivity index (χ0v) is 16.1. The van der Waals surface area contributed by atoms with Crippen LogP contribution in [0.3, 0.4) is 0 Å². The lowest BCUT2D eigenvalue weighted by atomic mass is 10.0. The Morgan fingerprint density at radius 2 is 2.04 bits per heavy atom. The fourth-order valence-corrected chi connectivity index (χ4v) is 4.09. The standard InChI is InChI=1S/C19H22FN3O3.ClH/c1-10-16-13(11-3-4-11)7-14(19(25)26)18(24)23(16)9-15(20)17(10)22-6-5-12(8-22)21-2;/h7,9,11-12,21H,3-6,8H2,1-2H3,(H,25,26);1H/t12-;/m0./s1. The van der Waals surface area contributed by atoms with Crippen molar-refractivity contribution in [1.29, 1.82) is 0 Å². The Morgan fingerprint density at radius 1 is 1.33 bits per heavy atom. The molecule has 1 aliphatic heterocycles. The van der Waals surface area contributed by atoms with Gasteiger partial charge in [0.05, 0.1) is 17.4 Å². The van der Waals surface area contributed by atoms with E-state index in [4.69, 9.17) is 0 Å². The van der Waals surface area contributed by atoms with Crippen molar-refractivity contribution in [2.45, 2.75) is 38.1 Å². The van der Waals surface area contributed by atoms with Crippen LogP contribution in [-0.2, 0) is 0 Å². The fraction of sp³-hybridized carbons (Fsp3) is 0.474. The molecule has 0 unspecified atom stereocenters. The minimum atomic E-state index is -1.27. The van der Waals surface area contributed by atoms with Crippen molar-refractivity contribution in [1.82, 2.24) is 9.72 Å². The smallest absolute Gasteiger partial charge is 0.341 e. The molecule has 0 spiro atoms. The highest BCUT2D eigenvalue weighted by Gasteiger charge is 2.32. The maximum absolute atomic E-state index is 15.0. The third-order valence-corrected chi connectivity index (χ3v) is 5.60. The molecule has 2 aliphatic rings. The van der Waals surface area contributed by atoms with Crippen LogP contribution < -0.4 is 15.8 Å². The van der Waals surface area contributed by atoms with E-state index in [1.807, 2.05) is 18.9 Å². The molecule has 3 heterocycles. The molecule has 1 saturated carbocycles. The zero-order valence-electron chi connectivity index (χ0n) is 15.3. The molecule has 2 N–H and O–H groups in total. The molecule has 0 radical (unpaired) electrons. The van der Waals surface area contributed by atoms with E-state index in [-0.39, 0.29) is 23.9 Å². The van der Waals surface area contributed by atoms with E-state index in [9.17, 15) is 19.1 Å². The molecular weight excluding hydrogens is 373 g/mol. The number of carbonyl (C=O) groups is 1. The van der Waals surface area contributed by atoms with Gasteiger partial charge in [0.25, 0.3) is 5.56 Å². The summed E-state index contributed by atoms with van der Waals surface area (Å²) in [5, 5.41) is 12.6. The Kier molecular flexibility index (Phi) is 5.18. The summed E-state index contributed by atoms with van der Waals surface area (Å²) in [5.74, 6) is -1.52. The highest BCUT2D eigenvalue weighted by molar-refractivity contribution is 5.89. The highest BCUT2D eigenvalue weighted by atomic mass is 35.5. The van der Waals surface area contributed by atoms with Gasteiger partial charge in [-0.05, 0) is 56.3 Å². The first kappa shape index (κ1) is 19.6. The molecular formula is C19H23ClFN3O3. The van der Waals surface area contributed by atoms with Crippen LogP contribution in [0.4, 0.5) is 10.1 Å². The van der Waals surface area contributed by atoms with E-state index in [0.29, 0.717) is 29.4 Å². The van der Waals surface area contributed by atoms with Gasteiger partial charge in [-0.3, -0.25) is 9.20 Å². The lowest BCUT2D eigenvalue weighted by Gasteiger charge is -2.24. The molecule has 146 valence electrons. The number of anilines is 1. The first-order chi connectivity index (χ1) is 12.4. The van der Waals surface area contributed by atoms with Crippen molar-refractivity contribution in [3.8, 4) is 0 Å². The van der Waals surface area contributed by atoms with Gasteiger partial charge in [-0.2, -0.15) is 0 Å². The molecule has 6 nitrogen and oxygen atoms in total. The largest absolute Gasteiger partial charge is 0.477 e. The summed E-state index contributed by atoms with van der Waals surface area (Å²) in [6.45, 7) is 3.28. The second kappa shape index (κ2) is 7.13. The molecule has 2 aromatic rings. The van der Waals surface area contributed by atoms with Gasteiger partial charge in [-0.1, -0.05) is 0 Å². The number of carboxylic acids is 1. The van der Waals surface area contributed by atoms with E-state index in [2.05, 4.69) is 5.32 Å². The lowest BCUT2D eigenvalue weighted by molar-refractivity contribution is 0.0694. The average Bonchev–Trinajstić information content (AvgIpc) is 3.33. The molecule has 2 fully saturated rings. The van der Waals surface area contributed by atoms with E-state index in [1.54, 1.807) is 0 Å². The van der Waals surface area contributed by atoms with Gasteiger partial charge in [0, 0.05) is 19.1 Å². The fourth-order valence-electron chi connectivity index (χ4n) is 4.09. The minimum Gasteiger partial charge on any atom is -0.477 e. The molecule has 1 aliphatic carbocycles. The molecule has 0 amide bonds. The number of carboxylic acid groups (broad SMARTS) is 1. The SMILES string of the molecule is CN[C@H]1CCN(c2c(F)cn3c(=O)c(C(=O)O)cc(C4CC4)c3c2C)C1.Cl. The molecule has 1 saturated heterocycles. The monoisotopic (exact) mass is 395 g/mol. The Labute approximate surface area is 162 Å². The summed E-state index contributed by atoms with van der Waals surface area (Å²) in [7, 11) is 1.90. The van der Waals surface area contributed by atoms with Gasteiger partial charge in [-0.25, -0.2) is 9.18 Å². The van der Waals surface area contributed by atoms with Gasteiger partial charge in [-0.15, -0.1) is 12.4 Å². The molecule has 0 bridgehead atoms. The van der Waals surface area contributed by atoms with E-state index < -0.39 is 17.3 Å². The Balaban J connectivity index is 0.00000210. The molecule has 8 heteroatoms. The number of rotatable bonds is 4. The second-order valence-corrected chi connectivity index (χ2v) is 7.29. The van der Waals surface area contributed by atoms with Crippen LogP contribution in [0, 0.1) is 12.7 Å². The van der Waals surface area contributed by atoms with Crippen molar-refractivity contribution in [3.63, 3.8) is 0 Å². The van der Waals surface area contributed by atoms with Crippen LogP contribution in [0.5, 0.6) is 0 Å². The number of pyridine rings is 2. The molecule has 0 aromatic carbocycles. The molecule has 1 atom stereocenters. The van der Waals surface area contributed by atoms with Crippen LogP contribution in [-0.4, -0.2) is 41.7 Å². The summed E-state index contributed by atoms with van der Waals surface area (Å²) in [6.07, 6.45) is 4.01. The van der Waals surface area contributed by atoms with Gasteiger partial charge in [0.15, 0.2) is 5.82 Å². The molecule has 4 rings (SSSR count). The number of aryl methyl sites for hydroxylation is 1.